The maximum Gasteiger partial charge on any atom is 0.287 e. The number of rotatable bonds is 7. The molecule has 0 saturated carbocycles. The van der Waals surface area contributed by atoms with E-state index >= 15 is 0 Å². The molecule has 0 atom stereocenters. The molecular formula is C21H25N3O4S2. The predicted octanol–water partition coefficient (Wildman–Crippen LogP) is 3.76. The normalized spacial score (nSPS) is 12.1. The number of nitrogens with one attached hydrogen (secondary N) is 2. The summed E-state index contributed by atoms with van der Waals surface area (Å²) in [4.78, 5) is 16.7. The molecule has 3 rings (SSSR count). The molecular weight excluding hydrogens is 422 g/mol. The lowest BCUT2D eigenvalue weighted by Crippen LogP contribution is -2.40. The Bertz CT molecular complexity index is 1120. The van der Waals surface area contributed by atoms with Crippen LogP contribution >= 0.6 is 11.3 Å². The summed E-state index contributed by atoms with van der Waals surface area (Å²) in [6.45, 7) is 7.56. The van der Waals surface area contributed by atoms with Crippen LogP contribution in [-0.4, -0.2) is 31.4 Å². The van der Waals surface area contributed by atoms with Crippen LogP contribution in [-0.2, 0) is 16.4 Å². The highest BCUT2D eigenvalue weighted by Gasteiger charge is 2.26. The number of sulfonamides is 1. The van der Waals surface area contributed by atoms with Gasteiger partial charge in [-0.3, -0.25) is 4.79 Å². The number of aryl methyl sites for hydroxylation is 1. The first-order chi connectivity index (χ1) is 14.0. The number of aromatic nitrogens is 1. The molecule has 2 N–H and O–H groups in total. The van der Waals surface area contributed by atoms with Gasteiger partial charge in [0.15, 0.2) is 5.76 Å². The molecule has 0 radical (unpaired) electrons. The highest BCUT2D eigenvalue weighted by Crippen LogP contribution is 2.22. The van der Waals surface area contributed by atoms with Gasteiger partial charge in [0.05, 0.1) is 10.7 Å². The first-order valence-electron chi connectivity index (χ1n) is 9.47. The minimum Gasteiger partial charge on any atom is -0.438 e. The summed E-state index contributed by atoms with van der Waals surface area (Å²) < 4.78 is 32.3. The van der Waals surface area contributed by atoms with Crippen LogP contribution in [0.15, 0.2) is 51.3 Å². The topological polar surface area (TPSA) is 101 Å². The maximum atomic E-state index is 12.3. The van der Waals surface area contributed by atoms with Crippen LogP contribution in [0.3, 0.4) is 0 Å². The molecule has 2 aromatic heterocycles. The van der Waals surface area contributed by atoms with E-state index in [1.54, 1.807) is 32.1 Å². The van der Waals surface area contributed by atoms with Crippen molar-refractivity contribution in [3.63, 3.8) is 0 Å². The van der Waals surface area contributed by atoms with E-state index in [-0.39, 0.29) is 10.9 Å². The van der Waals surface area contributed by atoms with Crippen molar-refractivity contribution in [2.24, 2.45) is 0 Å². The third kappa shape index (κ3) is 5.78. The fraction of sp³-hybridized carbons (Fsp3) is 0.333. The molecule has 0 fully saturated rings. The molecule has 160 valence electrons. The van der Waals surface area contributed by atoms with Crippen LogP contribution in [0.2, 0.25) is 0 Å². The molecule has 3 aromatic rings. The van der Waals surface area contributed by atoms with Crippen LogP contribution in [0, 0.1) is 6.92 Å². The fourth-order valence-electron chi connectivity index (χ4n) is 2.79. The molecule has 1 aromatic carbocycles. The zero-order chi connectivity index (χ0) is 21.9. The molecule has 1 amide bonds. The third-order valence-electron chi connectivity index (χ3n) is 4.08. The van der Waals surface area contributed by atoms with Crippen molar-refractivity contribution in [2.75, 3.05) is 6.54 Å². The summed E-state index contributed by atoms with van der Waals surface area (Å²) in [5.74, 6) is -0.500. The van der Waals surface area contributed by atoms with Gasteiger partial charge in [-0.1, -0.05) is 24.3 Å². The molecule has 0 spiro atoms. The standard InChI is InChI=1S/C21H25N3O4S2/c1-14-23-17(13-29-14)16-7-5-15(6-8-16)11-12-22-20(25)18-9-10-19(28-18)30(26,27)24-21(2,3)4/h5-10,13,24H,11-12H2,1-4H3,(H,22,25). The number of furan rings is 1. The zero-order valence-corrected chi connectivity index (χ0v) is 19.0. The van der Waals surface area contributed by atoms with Gasteiger partial charge in [-0.2, -0.15) is 0 Å². The van der Waals surface area contributed by atoms with E-state index in [4.69, 9.17) is 4.42 Å². The first kappa shape index (κ1) is 22.2. The van der Waals surface area contributed by atoms with Gasteiger partial charge in [0.2, 0.25) is 5.09 Å². The fourth-order valence-corrected chi connectivity index (χ4v) is 4.76. The lowest BCUT2D eigenvalue weighted by Gasteiger charge is -2.18. The number of amides is 1. The molecule has 9 heteroatoms. The van der Waals surface area contributed by atoms with E-state index in [0.717, 1.165) is 21.8 Å². The molecule has 30 heavy (non-hydrogen) atoms. The molecule has 0 aliphatic heterocycles. The zero-order valence-electron chi connectivity index (χ0n) is 17.4. The van der Waals surface area contributed by atoms with E-state index in [1.807, 2.05) is 36.6 Å². The molecule has 0 bridgehead atoms. The van der Waals surface area contributed by atoms with E-state index in [0.29, 0.717) is 13.0 Å². The first-order valence-corrected chi connectivity index (χ1v) is 11.8. The Kier molecular flexibility index (Phi) is 6.44. The molecule has 2 heterocycles. The Morgan fingerprint density at radius 1 is 1.13 bits per heavy atom. The van der Waals surface area contributed by atoms with Gasteiger partial charge in [0, 0.05) is 23.0 Å². The molecule has 0 unspecified atom stereocenters. The van der Waals surface area contributed by atoms with Crippen molar-refractivity contribution in [1.29, 1.82) is 0 Å². The molecule has 0 aliphatic rings. The van der Waals surface area contributed by atoms with Crippen LogP contribution in [0.1, 0.15) is 41.9 Å². The highest BCUT2D eigenvalue weighted by molar-refractivity contribution is 7.89. The van der Waals surface area contributed by atoms with Crippen molar-refractivity contribution in [2.45, 2.75) is 44.7 Å². The largest absolute Gasteiger partial charge is 0.438 e. The van der Waals surface area contributed by atoms with Gasteiger partial charge in [0.25, 0.3) is 15.9 Å². The van der Waals surface area contributed by atoms with Crippen LogP contribution in [0.25, 0.3) is 11.3 Å². The number of carbonyl (C=O) groups excluding carboxylic acids is 1. The molecule has 0 aliphatic carbocycles. The Hall–Kier alpha value is -2.49. The van der Waals surface area contributed by atoms with E-state index in [9.17, 15) is 13.2 Å². The van der Waals surface area contributed by atoms with E-state index in [2.05, 4.69) is 15.0 Å². The average Bonchev–Trinajstić information content (AvgIpc) is 3.30. The Morgan fingerprint density at radius 2 is 1.83 bits per heavy atom. The van der Waals surface area contributed by atoms with Crippen molar-refractivity contribution < 1.29 is 17.6 Å². The van der Waals surface area contributed by atoms with Crippen molar-refractivity contribution in [1.82, 2.24) is 15.0 Å². The van der Waals surface area contributed by atoms with E-state index in [1.165, 1.54) is 12.1 Å². The summed E-state index contributed by atoms with van der Waals surface area (Å²) in [6.07, 6.45) is 0.638. The van der Waals surface area contributed by atoms with Gasteiger partial charge in [0.1, 0.15) is 0 Å². The molecule has 7 nitrogen and oxygen atoms in total. The number of benzene rings is 1. The number of hydrogen-bond acceptors (Lipinski definition) is 6. The Balaban J connectivity index is 1.54. The van der Waals surface area contributed by atoms with Crippen LogP contribution in [0.4, 0.5) is 0 Å². The van der Waals surface area contributed by atoms with Gasteiger partial charge < -0.3 is 9.73 Å². The maximum absolute atomic E-state index is 12.3. The highest BCUT2D eigenvalue weighted by atomic mass is 32.2. The predicted molar refractivity (Wildman–Crippen MR) is 117 cm³/mol. The van der Waals surface area contributed by atoms with Gasteiger partial charge in [-0.05, 0) is 51.8 Å². The second kappa shape index (κ2) is 8.71. The smallest absolute Gasteiger partial charge is 0.287 e. The third-order valence-corrected chi connectivity index (χ3v) is 6.48. The summed E-state index contributed by atoms with van der Waals surface area (Å²) >= 11 is 1.61. The number of carbonyl (C=O) groups is 1. The average molecular weight is 448 g/mol. The Morgan fingerprint density at radius 3 is 2.43 bits per heavy atom. The number of nitrogens with zero attached hydrogens (tertiary/aromatic N) is 1. The van der Waals surface area contributed by atoms with E-state index < -0.39 is 21.5 Å². The van der Waals surface area contributed by atoms with Crippen molar-refractivity contribution in [3.8, 4) is 11.3 Å². The summed E-state index contributed by atoms with van der Waals surface area (Å²) in [6, 6.07) is 10.7. The monoisotopic (exact) mass is 447 g/mol. The lowest BCUT2D eigenvalue weighted by atomic mass is 10.1. The van der Waals surface area contributed by atoms with Gasteiger partial charge in [-0.25, -0.2) is 18.1 Å². The quantitative estimate of drug-likeness (QED) is 0.574. The minimum absolute atomic E-state index is 0.0430. The Labute approximate surface area is 180 Å². The number of hydrogen-bond donors (Lipinski definition) is 2. The minimum atomic E-state index is -3.82. The summed E-state index contributed by atoms with van der Waals surface area (Å²) in [7, 11) is -3.82. The van der Waals surface area contributed by atoms with Gasteiger partial charge >= 0.3 is 0 Å². The van der Waals surface area contributed by atoms with Crippen LogP contribution < -0.4 is 10.0 Å². The molecule has 0 saturated heterocycles. The summed E-state index contributed by atoms with van der Waals surface area (Å²) in [5.41, 5.74) is 2.44. The van der Waals surface area contributed by atoms with Crippen molar-refractivity contribution in [3.05, 3.63) is 58.1 Å². The second-order valence-corrected chi connectivity index (χ2v) is 10.6. The lowest BCUT2D eigenvalue weighted by molar-refractivity contribution is 0.0921. The summed E-state index contributed by atoms with van der Waals surface area (Å²) in [5, 5.41) is 5.52. The SMILES string of the molecule is Cc1nc(-c2ccc(CCNC(=O)c3ccc(S(=O)(=O)NC(C)(C)C)o3)cc2)cs1. The van der Waals surface area contributed by atoms with Crippen molar-refractivity contribution >= 4 is 27.3 Å². The second-order valence-electron chi connectivity index (χ2n) is 7.93. The number of thiazole rings is 1. The van der Waals surface area contributed by atoms with Gasteiger partial charge in [-0.15, -0.1) is 11.3 Å². The van der Waals surface area contributed by atoms with Crippen LogP contribution in [0.5, 0.6) is 0 Å².